The molecule has 1 saturated carbocycles. The second-order valence-corrected chi connectivity index (χ2v) is 12.6. The number of carbonyl (C=O) groups excluding carboxylic acids is 4. The van der Waals surface area contributed by atoms with E-state index in [-0.39, 0.29) is 36.8 Å². The highest BCUT2D eigenvalue weighted by molar-refractivity contribution is 6.36. The van der Waals surface area contributed by atoms with E-state index in [1.807, 2.05) is 12.1 Å². The minimum Gasteiger partial charge on any atom is -0.497 e. The number of ketones is 1. The fourth-order valence-electron chi connectivity index (χ4n) is 5.15. The summed E-state index contributed by atoms with van der Waals surface area (Å²) in [5.41, 5.74) is 1.54. The Kier molecular flexibility index (Phi) is 12.5. The molecule has 1 atom stereocenters. The molecule has 0 saturated heterocycles. The predicted octanol–water partition coefficient (Wildman–Crippen LogP) is 5.26. The fraction of sp³-hybridized carbons (Fsp3) is 0.306. The van der Waals surface area contributed by atoms with E-state index in [0.29, 0.717) is 29.3 Å². The summed E-state index contributed by atoms with van der Waals surface area (Å²) in [7, 11) is 2.65. The Labute approximate surface area is 312 Å². The molecule has 0 aliphatic heterocycles. The van der Waals surface area contributed by atoms with Crippen molar-refractivity contribution < 1.29 is 46.6 Å². The van der Waals surface area contributed by atoms with Crippen LogP contribution in [0.1, 0.15) is 47.2 Å². The Morgan fingerprint density at radius 2 is 1.56 bits per heavy atom. The molecule has 1 heterocycles. The second-order valence-electron chi connectivity index (χ2n) is 12.1. The van der Waals surface area contributed by atoms with Crippen LogP contribution in [0.5, 0.6) is 11.8 Å². The highest BCUT2D eigenvalue weighted by atomic mass is 35.5. The van der Waals surface area contributed by atoms with Gasteiger partial charge in [-0.3, -0.25) is 14.4 Å². The quantitative estimate of drug-likeness (QED) is 0.0809. The number of hydrogen-bond donors (Lipinski definition) is 4. The van der Waals surface area contributed by atoms with Gasteiger partial charge in [0, 0.05) is 29.2 Å². The van der Waals surface area contributed by atoms with Crippen LogP contribution in [0.4, 0.5) is 30.8 Å². The van der Waals surface area contributed by atoms with Crippen molar-refractivity contribution in [1.29, 1.82) is 0 Å². The number of anilines is 3. The van der Waals surface area contributed by atoms with Gasteiger partial charge in [-0.15, -0.1) is 0 Å². The van der Waals surface area contributed by atoms with Crippen LogP contribution in [0, 0.1) is 0 Å². The topological polar surface area (TPSA) is 183 Å². The van der Waals surface area contributed by atoms with Gasteiger partial charge in [0.15, 0.2) is 6.61 Å². The fourth-order valence-corrected chi connectivity index (χ4v) is 5.28. The van der Waals surface area contributed by atoms with Gasteiger partial charge in [0.2, 0.25) is 17.7 Å². The van der Waals surface area contributed by atoms with Crippen LogP contribution in [-0.2, 0) is 31.2 Å². The standard InChI is InChI=1S/C36H35ClF3N7O7/c1-52-26-13-3-21(4-14-26)19-41-30(50)28(48)16-15-27(31(51)53-2)43-29(49)22-5-11-25(12-6-22)42-32-44-33(46-34(45-32)54-20-36(38,39)40)47-35(17-18-35)23-7-9-24(37)10-8-23/h3-14,27H,15-20H2,1-2H3,(H,41,50)(H,43,49)(H2,42,44,45,46,47)/t27-/m0/s1. The van der Waals surface area contributed by atoms with E-state index in [0.717, 1.165) is 18.2 Å². The van der Waals surface area contributed by atoms with Crippen LogP contribution < -0.4 is 30.7 Å². The molecule has 4 N–H and O–H groups in total. The first-order valence-electron chi connectivity index (χ1n) is 16.5. The minimum absolute atomic E-state index is 0.0322. The average molecular weight is 770 g/mol. The third-order valence-electron chi connectivity index (χ3n) is 8.20. The first-order chi connectivity index (χ1) is 25.8. The summed E-state index contributed by atoms with van der Waals surface area (Å²) in [4.78, 5) is 62.7. The van der Waals surface area contributed by atoms with Crippen molar-refractivity contribution in [3.05, 3.63) is 94.5 Å². The summed E-state index contributed by atoms with van der Waals surface area (Å²) >= 11 is 6.03. The van der Waals surface area contributed by atoms with Gasteiger partial charge >= 0.3 is 18.2 Å². The average Bonchev–Trinajstić information content (AvgIpc) is 3.94. The van der Waals surface area contributed by atoms with E-state index in [4.69, 9.17) is 25.8 Å². The number of nitrogens with one attached hydrogen (secondary N) is 4. The molecule has 3 aromatic carbocycles. The lowest BCUT2D eigenvalue weighted by Gasteiger charge is -2.19. The van der Waals surface area contributed by atoms with E-state index < -0.39 is 53.9 Å². The lowest BCUT2D eigenvalue weighted by atomic mass is 10.1. The third kappa shape index (κ3) is 11.0. The van der Waals surface area contributed by atoms with Crippen molar-refractivity contribution in [2.75, 3.05) is 31.5 Å². The summed E-state index contributed by atoms with van der Waals surface area (Å²) in [5.74, 6) is -2.67. The lowest BCUT2D eigenvalue weighted by molar-refractivity contribution is -0.154. The third-order valence-corrected chi connectivity index (χ3v) is 8.45. The molecule has 1 aromatic heterocycles. The Morgan fingerprint density at radius 3 is 2.17 bits per heavy atom. The molecule has 284 valence electrons. The number of hydrogen-bond acceptors (Lipinski definition) is 12. The number of rotatable bonds is 17. The number of Topliss-reactive ketones (excluding diaryl/α,β-unsaturated/α-hetero) is 1. The first kappa shape index (κ1) is 39.2. The molecule has 5 rings (SSSR count). The molecule has 0 radical (unpaired) electrons. The van der Waals surface area contributed by atoms with Crippen molar-refractivity contribution in [3.63, 3.8) is 0 Å². The van der Waals surface area contributed by atoms with Crippen LogP contribution in [0.25, 0.3) is 0 Å². The Bertz CT molecular complexity index is 1960. The summed E-state index contributed by atoms with van der Waals surface area (Å²) in [6, 6.07) is 18.0. The van der Waals surface area contributed by atoms with E-state index in [2.05, 4.69) is 36.2 Å². The van der Waals surface area contributed by atoms with Gasteiger partial charge in [-0.1, -0.05) is 35.9 Å². The normalized spacial score (nSPS) is 13.5. The predicted molar refractivity (Wildman–Crippen MR) is 189 cm³/mol. The number of ether oxygens (including phenoxy) is 3. The van der Waals surface area contributed by atoms with Gasteiger partial charge in [0.25, 0.3) is 11.8 Å². The molecule has 1 fully saturated rings. The number of nitrogens with zero attached hydrogens (tertiary/aromatic N) is 3. The summed E-state index contributed by atoms with van der Waals surface area (Å²) in [6.07, 6.45) is -3.78. The highest BCUT2D eigenvalue weighted by Crippen LogP contribution is 2.48. The van der Waals surface area contributed by atoms with Gasteiger partial charge in [-0.05, 0) is 78.9 Å². The van der Waals surface area contributed by atoms with Crippen LogP contribution in [0.2, 0.25) is 5.02 Å². The lowest BCUT2D eigenvalue weighted by Crippen LogP contribution is -2.42. The second kappa shape index (κ2) is 17.2. The van der Waals surface area contributed by atoms with Crippen molar-refractivity contribution in [3.8, 4) is 11.8 Å². The molecular weight excluding hydrogens is 735 g/mol. The molecular formula is C36H35ClF3N7O7. The van der Waals surface area contributed by atoms with Crippen LogP contribution in [0.15, 0.2) is 72.8 Å². The Morgan fingerprint density at radius 1 is 0.889 bits per heavy atom. The van der Waals surface area contributed by atoms with E-state index in [9.17, 15) is 32.3 Å². The van der Waals surface area contributed by atoms with Crippen molar-refractivity contribution >= 4 is 52.8 Å². The molecule has 1 aliphatic rings. The van der Waals surface area contributed by atoms with Gasteiger partial charge in [-0.2, -0.15) is 28.1 Å². The van der Waals surface area contributed by atoms with E-state index in [1.165, 1.54) is 31.4 Å². The number of carbonyl (C=O) groups is 4. The monoisotopic (exact) mass is 769 g/mol. The smallest absolute Gasteiger partial charge is 0.422 e. The zero-order valence-electron chi connectivity index (χ0n) is 29.0. The molecule has 4 aromatic rings. The largest absolute Gasteiger partial charge is 0.497 e. The summed E-state index contributed by atoms with van der Waals surface area (Å²) in [6.45, 7) is -1.53. The maximum Gasteiger partial charge on any atom is 0.422 e. The van der Waals surface area contributed by atoms with Gasteiger partial charge in [0.05, 0.1) is 19.8 Å². The molecule has 2 amide bonds. The number of benzene rings is 3. The van der Waals surface area contributed by atoms with Crippen LogP contribution >= 0.6 is 11.6 Å². The molecule has 14 nitrogen and oxygen atoms in total. The molecule has 0 spiro atoms. The number of amides is 2. The SMILES string of the molecule is COC(=O)[C@H](CCC(=O)C(=O)NCc1ccc(OC)cc1)NC(=O)c1ccc(Nc2nc(NC3(c4ccc(Cl)cc4)CC3)nc(OCC(F)(F)F)n2)cc1. The molecule has 1 aliphatic carbocycles. The highest BCUT2D eigenvalue weighted by Gasteiger charge is 2.45. The molecule has 0 bridgehead atoms. The van der Waals surface area contributed by atoms with Crippen molar-refractivity contribution in [1.82, 2.24) is 25.6 Å². The van der Waals surface area contributed by atoms with Crippen LogP contribution in [0.3, 0.4) is 0 Å². The maximum absolute atomic E-state index is 13.1. The van der Waals surface area contributed by atoms with E-state index >= 15 is 0 Å². The number of esters is 1. The number of alkyl halides is 3. The summed E-state index contributed by atoms with van der Waals surface area (Å²) in [5, 5.41) is 11.6. The maximum atomic E-state index is 13.1. The first-order valence-corrected chi connectivity index (χ1v) is 16.8. The van der Waals surface area contributed by atoms with Gasteiger partial charge in [-0.25, -0.2) is 4.79 Å². The van der Waals surface area contributed by atoms with E-state index in [1.54, 1.807) is 36.4 Å². The number of halogens is 4. The molecule has 54 heavy (non-hydrogen) atoms. The van der Waals surface area contributed by atoms with Crippen molar-refractivity contribution in [2.45, 2.75) is 50.0 Å². The molecule has 18 heteroatoms. The number of aromatic nitrogens is 3. The van der Waals surface area contributed by atoms with Gasteiger partial charge < -0.3 is 35.5 Å². The number of methoxy groups -OCH3 is 2. The molecule has 0 unspecified atom stereocenters. The Hall–Kier alpha value is -5.97. The van der Waals surface area contributed by atoms with Gasteiger partial charge in [0.1, 0.15) is 11.8 Å². The summed E-state index contributed by atoms with van der Waals surface area (Å²) < 4.78 is 53.6. The minimum atomic E-state index is -4.64. The zero-order chi connectivity index (χ0) is 38.9. The van der Waals surface area contributed by atoms with Crippen molar-refractivity contribution in [2.24, 2.45) is 0 Å². The Balaban J connectivity index is 1.20. The van der Waals surface area contributed by atoms with Crippen LogP contribution in [-0.4, -0.2) is 71.6 Å². The zero-order valence-corrected chi connectivity index (χ0v) is 29.7.